The second kappa shape index (κ2) is 6.17. The summed E-state index contributed by atoms with van der Waals surface area (Å²) in [5, 5.41) is 4.29. The molecule has 0 aliphatic heterocycles. The minimum Gasteiger partial charge on any atom is -0.461 e. The first kappa shape index (κ1) is 13.9. The van der Waals surface area contributed by atoms with E-state index in [1.54, 1.807) is 42.3 Å². The van der Waals surface area contributed by atoms with Gasteiger partial charge in [0, 0.05) is 18.0 Å². The molecule has 0 aliphatic rings. The molecule has 0 atom stereocenters. The second-order valence-electron chi connectivity index (χ2n) is 4.51. The van der Waals surface area contributed by atoms with Gasteiger partial charge in [-0.15, -0.1) is 0 Å². The Morgan fingerprint density at radius 1 is 1.23 bits per heavy atom. The SMILES string of the molecule is CCOC(=O)c1cccc(-c2cnn(-c3cccnc3)c2)n1. The Morgan fingerprint density at radius 3 is 2.91 bits per heavy atom. The number of carbonyl (C=O) groups excluding carboxylic acids is 1. The third-order valence-electron chi connectivity index (χ3n) is 3.02. The van der Waals surface area contributed by atoms with Crippen LogP contribution >= 0.6 is 0 Å². The minimum absolute atomic E-state index is 0.286. The zero-order valence-corrected chi connectivity index (χ0v) is 12.0. The fourth-order valence-electron chi connectivity index (χ4n) is 2.00. The molecule has 0 N–H and O–H groups in total. The molecule has 3 aromatic heterocycles. The topological polar surface area (TPSA) is 69.9 Å². The molecule has 0 aromatic carbocycles. The monoisotopic (exact) mass is 294 g/mol. The third-order valence-corrected chi connectivity index (χ3v) is 3.02. The van der Waals surface area contributed by atoms with E-state index in [9.17, 15) is 4.79 Å². The number of carbonyl (C=O) groups is 1. The van der Waals surface area contributed by atoms with Crippen molar-refractivity contribution < 1.29 is 9.53 Å². The molecule has 6 nitrogen and oxygen atoms in total. The lowest BCUT2D eigenvalue weighted by Gasteiger charge is -2.02. The maximum Gasteiger partial charge on any atom is 0.356 e. The maximum absolute atomic E-state index is 11.7. The third kappa shape index (κ3) is 2.85. The Balaban J connectivity index is 1.91. The number of pyridine rings is 2. The van der Waals surface area contributed by atoms with Crippen LogP contribution in [0, 0.1) is 0 Å². The molecule has 110 valence electrons. The van der Waals surface area contributed by atoms with Gasteiger partial charge in [0.05, 0.1) is 30.4 Å². The number of nitrogens with zero attached hydrogens (tertiary/aromatic N) is 4. The highest BCUT2D eigenvalue weighted by molar-refractivity contribution is 5.87. The van der Waals surface area contributed by atoms with E-state index in [2.05, 4.69) is 15.1 Å². The predicted molar refractivity (Wildman–Crippen MR) is 80.5 cm³/mol. The molecular formula is C16H14N4O2. The van der Waals surface area contributed by atoms with Gasteiger partial charge in [-0.2, -0.15) is 5.10 Å². The van der Waals surface area contributed by atoms with Crippen LogP contribution in [0.25, 0.3) is 16.9 Å². The summed E-state index contributed by atoms with van der Waals surface area (Å²) in [6.45, 7) is 2.09. The summed E-state index contributed by atoms with van der Waals surface area (Å²) in [5.41, 5.74) is 2.62. The molecule has 0 spiro atoms. The van der Waals surface area contributed by atoms with Crippen molar-refractivity contribution in [2.24, 2.45) is 0 Å². The van der Waals surface area contributed by atoms with E-state index in [4.69, 9.17) is 4.74 Å². The van der Waals surface area contributed by atoms with Crippen LogP contribution in [-0.2, 0) is 4.74 Å². The van der Waals surface area contributed by atoms with Gasteiger partial charge in [0.2, 0.25) is 0 Å². The summed E-state index contributed by atoms with van der Waals surface area (Å²) in [6, 6.07) is 8.99. The van der Waals surface area contributed by atoms with Gasteiger partial charge in [-0.3, -0.25) is 4.98 Å². The molecule has 0 saturated heterocycles. The lowest BCUT2D eigenvalue weighted by atomic mass is 10.2. The van der Waals surface area contributed by atoms with E-state index >= 15 is 0 Å². The van der Waals surface area contributed by atoms with Gasteiger partial charge in [0.15, 0.2) is 0 Å². The summed E-state index contributed by atoms with van der Waals surface area (Å²) in [7, 11) is 0. The Bertz CT molecular complexity index is 784. The first-order chi connectivity index (χ1) is 10.8. The molecule has 0 saturated carbocycles. The second-order valence-corrected chi connectivity index (χ2v) is 4.51. The number of esters is 1. The number of rotatable bonds is 4. The molecule has 0 amide bonds. The van der Waals surface area contributed by atoms with Gasteiger partial charge in [0.25, 0.3) is 0 Å². The van der Waals surface area contributed by atoms with Crippen molar-refractivity contribution in [1.29, 1.82) is 0 Å². The van der Waals surface area contributed by atoms with Gasteiger partial charge in [-0.1, -0.05) is 6.07 Å². The highest BCUT2D eigenvalue weighted by Crippen LogP contribution is 2.18. The molecule has 0 unspecified atom stereocenters. The summed E-state index contributed by atoms with van der Waals surface area (Å²) >= 11 is 0. The normalized spacial score (nSPS) is 10.4. The van der Waals surface area contributed by atoms with Crippen molar-refractivity contribution in [3.05, 3.63) is 60.8 Å². The van der Waals surface area contributed by atoms with Crippen molar-refractivity contribution in [2.75, 3.05) is 6.61 Å². The van der Waals surface area contributed by atoms with Crippen molar-refractivity contribution in [3.8, 4) is 16.9 Å². The van der Waals surface area contributed by atoms with Gasteiger partial charge < -0.3 is 4.74 Å². The molecule has 6 heteroatoms. The number of ether oxygens (including phenoxy) is 1. The average Bonchev–Trinajstić information content (AvgIpc) is 3.06. The van der Waals surface area contributed by atoms with Crippen LogP contribution < -0.4 is 0 Å². The minimum atomic E-state index is -0.427. The van der Waals surface area contributed by atoms with Gasteiger partial charge >= 0.3 is 5.97 Å². The Kier molecular flexibility index (Phi) is 3.91. The highest BCUT2D eigenvalue weighted by atomic mass is 16.5. The molecule has 0 bridgehead atoms. The lowest BCUT2D eigenvalue weighted by molar-refractivity contribution is 0.0519. The number of hydrogen-bond acceptors (Lipinski definition) is 5. The zero-order valence-electron chi connectivity index (χ0n) is 12.0. The lowest BCUT2D eigenvalue weighted by Crippen LogP contribution is -2.07. The van der Waals surface area contributed by atoms with Crippen LogP contribution in [0.3, 0.4) is 0 Å². The maximum atomic E-state index is 11.7. The van der Waals surface area contributed by atoms with Gasteiger partial charge in [-0.05, 0) is 31.2 Å². The van der Waals surface area contributed by atoms with Gasteiger partial charge in [-0.25, -0.2) is 14.5 Å². The molecule has 22 heavy (non-hydrogen) atoms. The molecule has 0 fully saturated rings. The van der Waals surface area contributed by atoms with E-state index in [-0.39, 0.29) is 5.69 Å². The molecule has 3 rings (SSSR count). The Morgan fingerprint density at radius 2 is 2.14 bits per heavy atom. The highest BCUT2D eigenvalue weighted by Gasteiger charge is 2.11. The Hall–Kier alpha value is -3.02. The van der Waals surface area contributed by atoms with Crippen LogP contribution in [0.1, 0.15) is 17.4 Å². The van der Waals surface area contributed by atoms with Crippen LogP contribution in [0.5, 0.6) is 0 Å². The fraction of sp³-hybridized carbons (Fsp3) is 0.125. The van der Waals surface area contributed by atoms with Crippen LogP contribution in [0.15, 0.2) is 55.1 Å². The largest absolute Gasteiger partial charge is 0.461 e. The Labute approximate surface area is 127 Å². The molecule has 0 aliphatic carbocycles. The quantitative estimate of drug-likeness (QED) is 0.691. The van der Waals surface area contributed by atoms with Crippen molar-refractivity contribution in [2.45, 2.75) is 6.92 Å². The predicted octanol–water partition coefficient (Wildman–Crippen LogP) is 2.51. The fourth-order valence-corrected chi connectivity index (χ4v) is 2.00. The number of aromatic nitrogens is 4. The molecule has 3 aromatic rings. The van der Waals surface area contributed by atoms with Crippen molar-refractivity contribution >= 4 is 5.97 Å². The van der Waals surface area contributed by atoms with Crippen LogP contribution in [-0.4, -0.2) is 32.3 Å². The number of hydrogen-bond donors (Lipinski definition) is 0. The molecule has 3 heterocycles. The van der Waals surface area contributed by atoms with Crippen LogP contribution in [0.2, 0.25) is 0 Å². The van der Waals surface area contributed by atoms with Gasteiger partial charge in [0.1, 0.15) is 5.69 Å². The smallest absolute Gasteiger partial charge is 0.356 e. The summed E-state index contributed by atoms with van der Waals surface area (Å²) in [4.78, 5) is 20.1. The van der Waals surface area contributed by atoms with E-state index in [0.717, 1.165) is 11.3 Å². The van der Waals surface area contributed by atoms with E-state index in [0.29, 0.717) is 12.3 Å². The molecular weight excluding hydrogens is 280 g/mol. The molecule has 0 radical (unpaired) electrons. The van der Waals surface area contributed by atoms with E-state index < -0.39 is 5.97 Å². The summed E-state index contributed by atoms with van der Waals surface area (Å²) in [5.74, 6) is -0.427. The standard InChI is InChI=1S/C16H14N4O2/c1-2-22-16(21)15-7-3-6-14(19-15)12-9-18-20(11-12)13-5-4-8-17-10-13/h3-11H,2H2,1H3. The van der Waals surface area contributed by atoms with E-state index in [1.165, 1.54) is 0 Å². The van der Waals surface area contributed by atoms with Crippen LogP contribution in [0.4, 0.5) is 0 Å². The zero-order chi connectivity index (χ0) is 15.4. The summed E-state index contributed by atoms with van der Waals surface area (Å²) in [6.07, 6.45) is 6.97. The first-order valence-corrected chi connectivity index (χ1v) is 6.87. The van der Waals surface area contributed by atoms with E-state index in [1.807, 2.05) is 24.4 Å². The summed E-state index contributed by atoms with van der Waals surface area (Å²) < 4.78 is 6.67. The average molecular weight is 294 g/mol. The van der Waals surface area contributed by atoms with Crippen molar-refractivity contribution in [1.82, 2.24) is 19.7 Å². The first-order valence-electron chi connectivity index (χ1n) is 6.87. The van der Waals surface area contributed by atoms with Crippen molar-refractivity contribution in [3.63, 3.8) is 0 Å².